The van der Waals surface area contributed by atoms with Crippen molar-refractivity contribution < 1.29 is 14.3 Å². The fraction of sp³-hybridized carbons (Fsp3) is 0.895. The molecule has 3 aliphatic rings. The number of ketones is 1. The Labute approximate surface area is 134 Å². The number of carbonyl (C=O) groups is 2. The zero-order chi connectivity index (χ0) is 16.3. The molecule has 0 heterocycles. The Morgan fingerprint density at radius 1 is 1.23 bits per heavy atom. The maximum absolute atomic E-state index is 12.9. The van der Waals surface area contributed by atoms with Gasteiger partial charge in [-0.25, -0.2) is 0 Å². The zero-order valence-electron chi connectivity index (χ0n) is 14.6. The van der Waals surface area contributed by atoms with Crippen LogP contribution < -0.4 is 0 Å². The maximum Gasteiger partial charge on any atom is 0.320 e. The van der Waals surface area contributed by atoms with E-state index >= 15 is 0 Å². The highest BCUT2D eigenvalue weighted by Gasteiger charge is 2.82. The van der Waals surface area contributed by atoms with Gasteiger partial charge in [-0.1, -0.05) is 41.0 Å². The Kier molecular flexibility index (Phi) is 3.69. The van der Waals surface area contributed by atoms with Gasteiger partial charge in [0.2, 0.25) is 0 Å². The standard InChI is InChI=1S/C19H30O3/c1-11(2)13-7-6-12(3)10-14(13)22-17(21)19-15(18(19,4)5)8-9-16(19)20/h11-15H,6-10H2,1-5H3/t12-,13-,14+,15?,19?/m1/s1. The van der Waals surface area contributed by atoms with Gasteiger partial charge in [0.15, 0.2) is 5.78 Å². The average Bonchev–Trinajstić information content (AvgIpc) is 2.72. The van der Waals surface area contributed by atoms with E-state index in [1.54, 1.807) is 0 Å². The summed E-state index contributed by atoms with van der Waals surface area (Å²) in [6, 6.07) is 0. The molecule has 0 aromatic rings. The minimum atomic E-state index is -0.810. The lowest BCUT2D eigenvalue weighted by atomic mass is 9.75. The van der Waals surface area contributed by atoms with Crippen molar-refractivity contribution in [1.82, 2.24) is 0 Å². The number of fused-ring (bicyclic) bond motifs is 1. The van der Waals surface area contributed by atoms with Gasteiger partial charge in [0.1, 0.15) is 11.5 Å². The molecule has 0 amide bonds. The van der Waals surface area contributed by atoms with Crippen LogP contribution in [0.5, 0.6) is 0 Å². The summed E-state index contributed by atoms with van der Waals surface area (Å²) in [5, 5.41) is 0. The highest BCUT2D eigenvalue weighted by molar-refractivity contribution is 6.10. The lowest BCUT2D eigenvalue weighted by Gasteiger charge is -2.37. The van der Waals surface area contributed by atoms with Crippen LogP contribution in [0.1, 0.15) is 66.7 Å². The van der Waals surface area contributed by atoms with Crippen molar-refractivity contribution in [3.05, 3.63) is 0 Å². The first kappa shape index (κ1) is 16.0. The predicted molar refractivity (Wildman–Crippen MR) is 85.2 cm³/mol. The van der Waals surface area contributed by atoms with Gasteiger partial charge in [-0.3, -0.25) is 9.59 Å². The first-order valence-electron chi connectivity index (χ1n) is 8.97. The van der Waals surface area contributed by atoms with Crippen molar-refractivity contribution in [3.8, 4) is 0 Å². The molecule has 3 saturated carbocycles. The van der Waals surface area contributed by atoms with Gasteiger partial charge in [-0.05, 0) is 48.3 Å². The van der Waals surface area contributed by atoms with Gasteiger partial charge in [0.25, 0.3) is 0 Å². The highest BCUT2D eigenvalue weighted by atomic mass is 16.5. The van der Waals surface area contributed by atoms with Crippen LogP contribution in [0.15, 0.2) is 0 Å². The largest absolute Gasteiger partial charge is 0.461 e. The lowest BCUT2D eigenvalue weighted by Crippen LogP contribution is -2.40. The van der Waals surface area contributed by atoms with E-state index in [9.17, 15) is 9.59 Å². The van der Waals surface area contributed by atoms with Crippen LogP contribution in [-0.4, -0.2) is 17.9 Å². The van der Waals surface area contributed by atoms with E-state index < -0.39 is 5.41 Å². The van der Waals surface area contributed by atoms with Crippen LogP contribution in [0.4, 0.5) is 0 Å². The van der Waals surface area contributed by atoms with E-state index in [0.717, 1.165) is 19.3 Å². The number of hydrogen-bond acceptors (Lipinski definition) is 3. The Morgan fingerprint density at radius 3 is 2.45 bits per heavy atom. The van der Waals surface area contributed by atoms with E-state index in [0.29, 0.717) is 24.2 Å². The quantitative estimate of drug-likeness (QED) is 0.585. The van der Waals surface area contributed by atoms with E-state index in [4.69, 9.17) is 4.74 Å². The first-order chi connectivity index (χ1) is 10.2. The minimum Gasteiger partial charge on any atom is -0.461 e. The molecule has 0 saturated heterocycles. The number of hydrogen-bond donors (Lipinski definition) is 0. The van der Waals surface area contributed by atoms with E-state index in [1.165, 1.54) is 6.42 Å². The van der Waals surface area contributed by atoms with Crippen LogP contribution in [0, 0.1) is 34.5 Å². The summed E-state index contributed by atoms with van der Waals surface area (Å²) in [5.74, 6) is 1.68. The topological polar surface area (TPSA) is 43.4 Å². The molecule has 124 valence electrons. The molecule has 5 atom stereocenters. The van der Waals surface area contributed by atoms with Crippen molar-refractivity contribution in [2.24, 2.45) is 34.5 Å². The van der Waals surface area contributed by atoms with Crippen LogP contribution >= 0.6 is 0 Å². The number of rotatable bonds is 3. The van der Waals surface area contributed by atoms with Crippen molar-refractivity contribution in [2.45, 2.75) is 72.8 Å². The summed E-state index contributed by atoms with van der Waals surface area (Å²) in [6.07, 6.45) is 4.70. The van der Waals surface area contributed by atoms with Crippen molar-refractivity contribution in [2.75, 3.05) is 0 Å². The number of Topliss-reactive ketones (excluding diaryl/α,β-unsaturated/α-hetero) is 1. The van der Waals surface area contributed by atoms with Crippen molar-refractivity contribution in [1.29, 1.82) is 0 Å². The predicted octanol–water partition coefficient (Wildman–Crippen LogP) is 4.00. The third-order valence-electron chi connectivity index (χ3n) is 6.97. The smallest absolute Gasteiger partial charge is 0.320 e. The molecule has 0 N–H and O–H groups in total. The molecule has 0 aromatic heterocycles. The Morgan fingerprint density at radius 2 is 1.91 bits per heavy atom. The highest BCUT2D eigenvalue weighted by Crippen LogP contribution is 2.75. The fourth-order valence-electron chi connectivity index (χ4n) is 5.47. The van der Waals surface area contributed by atoms with E-state index in [1.807, 2.05) is 0 Å². The Bertz CT molecular complexity index is 493. The Balaban J connectivity index is 1.77. The van der Waals surface area contributed by atoms with E-state index in [-0.39, 0.29) is 29.2 Å². The normalized spacial score (nSPS) is 43.1. The summed E-state index contributed by atoms with van der Waals surface area (Å²) >= 11 is 0. The molecule has 0 aliphatic heterocycles. The fourth-order valence-corrected chi connectivity index (χ4v) is 5.47. The molecule has 3 heteroatoms. The SMILES string of the molecule is CC(C)[C@H]1CC[C@@H](C)C[C@@H]1OC(=O)C12C(=O)CCC1C2(C)C. The second-order valence-electron chi connectivity index (χ2n) is 8.81. The molecular weight excluding hydrogens is 276 g/mol. The van der Waals surface area contributed by atoms with Crippen molar-refractivity contribution >= 4 is 11.8 Å². The summed E-state index contributed by atoms with van der Waals surface area (Å²) < 4.78 is 6.01. The molecule has 0 radical (unpaired) electrons. The first-order valence-corrected chi connectivity index (χ1v) is 8.97. The van der Waals surface area contributed by atoms with Gasteiger partial charge in [0, 0.05) is 6.42 Å². The average molecular weight is 306 g/mol. The van der Waals surface area contributed by atoms with Crippen LogP contribution in [-0.2, 0) is 14.3 Å². The van der Waals surface area contributed by atoms with Crippen molar-refractivity contribution in [3.63, 3.8) is 0 Å². The summed E-state index contributed by atoms with van der Waals surface area (Å²) in [7, 11) is 0. The lowest BCUT2D eigenvalue weighted by molar-refractivity contribution is -0.166. The van der Waals surface area contributed by atoms with Crippen LogP contribution in [0.2, 0.25) is 0 Å². The van der Waals surface area contributed by atoms with Crippen LogP contribution in [0.3, 0.4) is 0 Å². The van der Waals surface area contributed by atoms with E-state index in [2.05, 4.69) is 34.6 Å². The molecular formula is C19H30O3. The van der Waals surface area contributed by atoms with Gasteiger partial charge in [0.05, 0.1) is 0 Å². The molecule has 22 heavy (non-hydrogen) atoms. The molecule has 0 aromatic carbocycles. The molecule has 2 unspecified atom stereocenters. The van der Waals surface area contributed by atoms with Gasteiger partial charge in [-0.15, -0.1) is 0 Å². The molecule has 0 bridgehead atoms. The Hall–Kier alpha value is -0.860. The summed E-state index contributed by atoms with van der Waals surface area (Å²) in [6.45, 7) is 10.8. The molecule has 3 aliphatic carbocycles. The number of ether oxygens (including phenoxy) is 1. The molecule has 0 spiro atoms. The monoisotopic (exact) mass is 306 g/mol. The second kappa shape index (κ2) is 5.07. The maximum atomic E-state index is 12.9. The van der Waals surface area contributed by atoms with Gasteiger partial charge < -0.3 is 4.74 Å². The van der Waals surface area contributed by atoms with Gasteiger partial charge in [-0.2, -0.15) is 0 Å². The molecule has 3 nitrogen and oxygen atoms in total. The molecule has 3 fully saturated rings. The number of esters is 1. The van der Waals surface area contributed by atoms with Crippen LogP contribution in [0.25, 0.3) is 0 Å². The summed E-state index contributed by atoms with van der Waals surface area (Å²) in [5.41, 5.74) is -1.01. The third-order valence-corrected chi connectivity index (χ3v) is 6.97. The van der Waals surface area contributed by atoms with Gasteiger partial charge >= 0.3 is 5.97 Å². The number of carbonyl (C=O) groups excluding carboxylic acids is 2. The third kappa shape index (κ3) is 2.00. The zero-order valence-corrected chi connectivity index (χ0v) is 14.6. The summed E-state index contributed by atoms with van der Waals surface area (Å²) in [4.78, 5) is 25.4. The molecule has 3 rings (SSSR count). The second-order valence-corrected chi connectivity index (χ2v) is 8.81. The minimum absolute atomic E-state index is 0.00363.